The van der Waals surface area contributed by atoms with Crippen LogP contribution in [0, 0.1) is 0 Å². The van der Waals surface area contributed by atoms with Crippen molar-refractivity contribution in [3.05, 3.63) is 41.8 Å². The van der Waals surface area contributed by atoms with Gasteiger partial charge in [0, 0.05) is 64.4 Å². The summed E-state index contributed by atoms with van der Waals surface area (Å²) in [7, 11) is 1.83. The molecule has 0 unspecified atom stereocenters. The van der Waals surface area contributed by atoms with Crippen molar-refractivity contribution >= 4 is 5.96 Å². The number of hydrogen-bond donors (Lipinski definition) is 1. The number of ether oxygens (including phenoxy) is 2. The van der Waals surface area contributed by atoms with E-state index in [4.69, 9.17) is 14.0 Å². The number of benzene rings is 1. The molecule has 8 nitrogen and oxygen atoms in total. The lowest BCUT2D eigenvalue weighted by Crippen LogP contribution is -2.52. The Morgan fingerprint density at radius 2 is 2.00 bits per heavy atom. The van der Waals surface area contributed by atoms with Crippen molar-refractivity contribution in [2.24, 2.45) is 4.99 Å². The first-order valence-corrected chi connectivity index (χ1v) is 9.78. The molecule has 150 valence electrons. The lowest BCUT2D eigenvalue weighted by molar-refractivity contribution is 0.169. The second kappa shape index (κ2) is 8.97. The van der Waals surface area contributed by atoms with Crippen LogP contribution in [0.3, 0.4) is 0 Å². The van der Waals surface area contributed by atoms with E-state index >= 15 is 0 Å². The third-order valence-electron chi connectivity index (χ3n) is 5.05. The van der Waals surface area contributed by atoms with Crippen LogP contribution in [0.5, 0.6) is 11.5 Å². The molecule has 0 saturated carbocycles. The van der Waals surface area contributed by atoms with Crippen molar-refractivity contribution in [1.29, 1.82) is 0 Å². The Morgan fingerprint density at radius 1 is 1.14 bits per heavy atom. The minimum atomic E-state index is 0.651. The first-order valence-electron chi connectivity index (χ1n) is 9.78. The first kappa shape index (κ1) is 18.6. The summed E-state index contributed by atoms with van der Waals surface area (Å²) in [6.45, 7) is 6.63. The maximum Gasteiger partial charge on any atom is 0.194 e. The fourth-order valence-corrected chi connectivity index (χ4v) is 3.57. The van der Waals surface area contributed by atoms with E-state index in [0.29, 0.717) is 19.8 Å². The molecular formula is C20H27N5O3. The minimum absolute atomic E-state index is 0.651. The summed E-state index contributed by atoms with van der Waals surface area (Å²) in [5.41, 5.74) is 2.06. The number of nitrogens with zero attached hydrogens (tertiary/aromatic N) is 4. The minimum Gasteiger partial charge on any atom is -0.490 e. The van der Waals surface area contributed by atoms with Crippen molar-refractivity contribution in [3.8, 4) is 11.5 Å². The molecule has 2 aliphatic rings. The predicted octanol–water partition coefficient (Wildman–Crippen LogP) is 1.73. The van der Waals surface area contributed by atoms with Crippen molar-refractivity contribution in [2.45, 2.75) is 19.5 Å². The quantitative estimate of drug-likeness (QED) is 0.634. The number of hydrogen-bond acceptors (Lipinski definition) is 6. The molecule has 1 fully saturated rings. The third kappa shape index (κ3) is 4.39. The maximum atomic E-state index is 5.92. The van der Waals surface area contributed by atoms with Crippen LogP contribution in [0.15, 0.2) is 40.0 Å². The average molecular weight is 385 g/mol. The van der Waals surface area contributed by atoms with Crippen LogP contribution in [0.1, 0.15) is 17.7 Å². The highest BCUT2D eigenvalue weighted by molar-refractivity contribution is 5.80. The predicted molar refractivity (Wildman–Crippen MR) is 106 cm³/mol. The summed E-state index contributed by atoms with van der Waals surface area (Å²) in [6.07, 6.45) is 2.53. The lowest BCUT2D eigenvalue weighted by Gasteiger charge is -2.36. The Morgan fingerprint density at radius 3 is 2.79 bits per heavy atom. The molecule has 2 aliphatic heterocycles. The number of fused-ring (bicyclic) bond motifs is 1. The van der Waals surface area contributed by atoms with Gasteiger partial charge in [0.25, 0.3) is 0 Å². The number of para-hydroxylation sites is 1. The molecule has 0 aliphatic carbocycles. The number of aromatic nitrogens is 1. The molecule has 1 saturated heterocycles. The average Bonchev–Trinajstić information content (AvgIpc) is 3.11. The third-order valence-corrected chi connectivity index (χ3v) is 5.05. The van der Waals surface area contributed by atoms with Crippen LogP contribution in [0.4, 0.5) is 0 Å². The molecule has 1 N–H and O–H groups in total. The van der Waals surface area contributed by atoms with E-state index in [9.17, 15) is 0 Å². The van der Waals surface area contributed by atoms with Crippen LogP contribution in [-0.4, -0.2) is 67.4 Å². The van der Waals surface area contributed by atoms with Gasteiger partial charge in [-0.25, -0.2) is 0 Å². The normalized spacial score (nSPS) is 18.0. The Hall–Kier alpha value is -2.74. The van der Waals surface area contributed by atoms with Gasteiger partial charge in [0.15, 0.2) is 17.5 Å². The van der Waals surface area contributed by atoms with Crippen LogP contribution >= 0.6 is 0 Å². The van der Waals surface area contributed by atoms with Crippen molar-refractivity contribution in [2.75, 3.05) is 46.4 Å². The second-order valence-electron chi connectivity index (χ2n) is 6.95. The number of guanidine groups is 1. The summed E-state index contributed by atoms with van der Waals surface area (Å²) in [6, 6.07) is 7.97. The fraction of sp³-hybridized carbons (Fsp3) is 0.500. The smallest absolute Gasteiger partial charge is 0.194 e. The first-order chi connectivity index (χ1) is 13.8. The number of nitrogens with one attached hydrogen (secondary N) is 1. The van der Waals surface area contributed by atoms with E-state index in [-0.39, 0.29) is 0 Å². The largest absolute Gasteiger partial charge is 0.490 e. The standard InChI is InChI=1S/C20H27N5O3/c1-21-20(25-9-7-24(8-10-25)15-17-6-13-28-23-17)22-14-16-4-2-5-18-19(16)27-12-3-11-26-18/h2,4-6,13H,3,7-12,14-15H2,1H3,(H,21,22). The molecule has 0 amide bonds. The van der Waals surface area contributed by atoms with Crippen LogP contribution in [0.25, 0.3) is 0 Å². The molecular weight excluding hydrogens is 358 g/mol. The van der Waals surface area contributed by atoms with Gasteiger partial charge in [-0.3, -0.25) is 9.89 Å². The highest BCUT2D eigenvalue weighted by Crippen LogP contribution is 2.33. The zero-order valence-corrected chi connectivity index (χ0v) is 16.3. The molecule has 8 heteroatoms. The van der Waals surface area contributed by atoms with Gasteiger partial charge in [0.1, 0.15) is 6.26 Å². The molecule has 2 aromatic rings. The topological polar surface area (TPSA) is 75.4 Å². The Balaban J connectivity index is 1.32. The van der Waals surface area contributed by atoms with E-state index < -0.39 is 0 Å². The highest BCUT2D eigenvalue weighted by Gasteiger charge is 2.21. The van der Waals surface area contributed by atoms with Gasteiger partial charge < -0.3 is 24.2 Å². The van der Waals surface area contributed by atoms with Gasteiger partial charge in [0.05, 0.1) is 18.9 Å². The van der Waals surface area contributed by atoms with Gasteiger partial charge in [-0.15, -0.1) is 0 Å². The van der Waals surface area contributed by atoms with Crippen LogP contribution in [-0.2, 0) is 13.1 Å². The lowest BCUT2D eigenvalue weighted by atomic mass is 10.2. The maximum absolute atomic E-state index is 5.92. The zero-order chi connectivity index (χ0) is 19.2. The summed E-state index contributed by atoms with van der Waals surface area (Å²) in [4.78, 5) is 9.14. The van der Waals surface area contributed by atoms with Gasteiger partial charge in [-0.2, -0.15) is 0 Å². The number of piperazine rings is 1. The Labute approximate surface area is 165 Å². The summed E-state index contributed by atoms with van der Waals surface area (Å²) in [5.74, 6) is 2.59. The molecule has 0 atom stereocenters. The summed E-state index contributed by atoms with van der Waals surface area (Å²) in [5, 5.41) is 7.48. The van der Waals surface area contributed by atoms with E-state index in [1.54, 1.807) is 6.26 Å². The zero-order valence-electron chi connectivity index (χ0n) is 16.3. The highest BCUT2D eigenvalue weighted by atomic mass is 16.5. The molecule has 28 heavy (non-hydrogen) atoms. The van der Waals surface area contributed by atoms with Crippen molar-refractivity contribution < 1.29 is 14.0 Å². The summed E-state index contributed by atoms with van der Waals surface area (Å²) < 4.78 is 16.6. The van der Waals surface area contributed by atoms with Gasteiger partial charge >= 0.3 is 0 Å². The van der Waals surface area contributed by atoms with Gasteiger partial charge in [-0.1, -0.05) is 17.3 Å². The number of rotatable bonds is 4. The van der Waals surface area contributed by atoms with Crippen molar-refractivity contribution in [1.82, 2.24) is 20.3 Å². The molecule has 1 aromatic carbocycles. The van der Waals surface area contributed by atoms with Gasteiger partial charge in [0.2, 0.25) is 0 Å². The summed E-state index contributed by atoms with van der Waals surface area (Å²) >= 11 is 0. The van der Waals surface area contributed by atoms with Gasteiger partial charge in [-0.05, 0) is 6.07 Å². The van der Waals surface area contributed by atoms with Crippen LogP contribution in [0.2, 0.25) is 0 Å². The van der Waals surface area contributed by atoms with E-state index in [2.05, 4.69) is 31.3 Å². The molecule has 0 bridgehead atoms. The molecule has 3 heterocycles. The van der Waals surface area contributed by atoms with Crippen molar-refractivity contribution in [3.63, 3.8) is 0 Å². The SMILES string of the molecule is CN=C(NCc1cccc2c1OCCCO2)N1CCN(Cc2ccon2)CC1. The number of aliphatic imine (C=N–C) groups is 1. The van der Waals surface area contributed by atoms with E-state index in [1.165, 1.54) is 0 Å². The van der Waals surface area contributed by atoms with Crippen LogP contribution < -0.4 is 14.8 Å². The van der Waals surface area contributed by atoms with E-state index in [1.807, 2.05) is 25.2 Å². The second-order valence-corrected chi connectivity index (χ2v) is 6.95. The monoisotopic (exact) mass is 385 g/mol. The molecule has 4 rings (SSSR count). The molecule has 0 spiro atoms. The van der Waals surface area contributed by atoms with E-state index in [0.717, 1.165) is 67.9 Å². The fourth-order valence-electron chi connectivity index (χ4n) is 3.57. The Kier molecular flexibility index (Phi) is 5.96. The Bertz CT molecular complexity index is 785. The molecule has 0 radical (unpaired) electrons. The molecule has 1 aromatic heterocycles.